The Labute approximate surface area is 95.3 Å². The molecule has 1 aromatic carbocycles. The molecule has 0 radical (unpaired) electrons. The van der Waals surface area contributed by atoms with Crippen LogP contribution in [0.3, 0.4) is 0 Å². The molecule has 0 aliphatic carbocycles. The van der Waals surface area contributed by atoms with Crippen LogP contribution in [0.15, 0.2) is 24.4 Å². The highest BCUT2D eigenvalue weighted by atomic mass is 15.4. The van der Waals surface area contributed by atoms with E-state index in [0.29, 0.717) is 0 Å². The van der Waals surface area contributed by atoms with Crippen LogP contribution >= 0.6 is 0 Å². The van der Waals surface area contributed by atoms with Gasteiger partial charge in [-0.1, -0.05) is 22.9 Å². The number of nitrogens with one attached hydrogen (secondary N) is 1. The number of aromatic nitrogens is 3. The van der Waals surface area contributed by atoms with E-state index in [1.54, 1.807) is 0 Å². The second-order valence-corrected chi connectivity index (χ2v) is 3.97. The summed E-state index contributed by atoms with van der Waals surface area (Å²) >= 11 is 0. The normalized spacial score (nSPS) is 10.7. The first-order valence-electron chi connectivity index (χ1n) is 5.34. The van der Waals surface area contributed by atoms with E-state index in [1.807, 2.05) is 17.9 Å². The fraction of sp³-hybridized carbons (Fsp3) is 0.333. The summed E-state index contributed by atoms with van der Waals surface area (Å²) in [5.74, 6) is 0. The lowest BCUT2D eigenvalue weighted by Crippen LogP contribution is -2.05. The summed E-state index contributed by atoms with van der Waals surface area (Å²) in [7, 11) is 1.90. The standard InChI is InChI=1S/C12H16N4/c1-9-4-5-12(10(2)6-9)16-8-11(7-13-3)14-15-16/h4-6,8,13H,7H2,1-3H3. The minimum atomic E-state index is 0.741. The molecule has 1 aromatic heterocycles. The SMILES string of the molecule is CNCc1cn(-c2ccc(C)cc2C)nn1. The summed E-state index contributed by atoms with van der Waals surface area (Å²) in [5.41, 5.74) is 4.50. The van der Waals surface area contributed by atoms with E-state index in [2.05, 4.69) is 47.7 Å². The van der Waals surface area contributed by atoms with Gasteiger partial charge in [0.2, 0.25) is 0 Å². The average Bonchev–Trinajstić information content (AvgIpc) is 2.67. The van der Waals surface area contributed by atoms with E-state index in [1.165, 1.54) is 11.1 Å². The van der Waals surface area contributed by atoms with Gasteiger partial charge in [0.15, 0.2) is 0 Å². The number of rotatable bonds is 3. The number of hydrogen-bond acceptors (Lipinski definition) is 3. The number of hydrogen-bond donors (Lipinski definition) is 1. The van der Waals surface area contributed by atoms with Gasteiger partial charge < -0.3 is 5.32 Å². The lowest BCUT2D eigenvalue weighted by Gasteiger charge is -2.05. The Kier molecular flexibility index (Phi) is 3.01. The third-order valence-corrected chi connectivity index (χ3v) is 2.50. The maximum Gasteiger partial charge on any atom is 0.0969 e. The van der Waals surface area contributed by atoms with Crippen LogP contribution < -0.4 is 5.32 Å². The van der Waals surface area contributed by atoms with Crippen LogP contribution in [0.5, 0.6) is 0 Å². The highest BCUT2D eigenvalue weighted by molar-refractivity contribution is 5.41. The molecule has 0 spiro atoms. The molecule has 0 aliphatic heterocycles. The monoisotopic (exact) mass is 216 g/mol. The topological polar surface area (TPSA) is 42.7 Å². The molecule has 2 rings (SSSR count). The Bertz CT molecular complexity index is 488. The molecule has 4 nitrogen and oxygen atoms in total. The zero-order valence-electron chi connectivity index (χ0n) is 9.86. The third kappa shape index (κ3) is 2.12. The Morgan fingerprint density at radius 2 is 2.12 bits per heavy atom. The van der Waals surface area contributed by atoms with E-state index in [4.69, 9.17) is 0 Å². The van der Waals surface area contributed by atoms with Crippen LogP contribution in [-0.4, -0.2) is 22.0 Å². The molecule has 0 aliphatic rings. The summed E-state index contributed by atoms with van der Waals surface area (Å²) in [4.78, 5) is 0. The van der Waals surface area contributed by atoms with E-state index in [0.717, 1.165) is 17.9 Å². The second-order valence-electron chi connectivity index (χ2n) is 3.97. The van der Waals surface area contributed by atoms with Crippen LogP contribution in [0.25, 0.3) is 5.69 Å². The molecule has 0 saturated heterocycles. The van der Waals surface area contributed by atoms with E-state index in [-0.39, 0.29) is 0 Å². The minimum absolute atomic E-state index is 0.741. The Morgan fingerprint density at radius 3 is 2.81 bits per heavy atom. The average molecular weight is 216 g/mol. The molecule has 0 atom stereocenters. The fourth-order valence-electron chi connectivity index (χ4n) is 1.74. The maximum absolute atomic E-state index is 4.12. The number of aryl methyl sites for hydroxylation is 2. The van der Waals surface area contributed by atoms with Gasteiger partial charge in [-0.15, -0.1) is 5.10 Å². The van der Waals surface area contributed by atoms with Crippen molar-refractivity contribution in [2.75, 3.05) is 7.05 Å². The second kappa shape index (κ2) is 4.45. The van der Waals surface area contributed by atoms with Gasteiger partial charge in [-0.25, -0.2) is 4.68 Å². The van der Waals surface area contributed by atoms with Crippen molar-refractivity contribution in [1.29, 1.82) is 0 Å². The quantitative estimate of drug-likeness (QED) is 0.847. The number of benzene rings is 1. The van der Waals surface area contributed by atoms with Crippen molar-refractivity contribution in [3.05, 3.63) is 41.2 Å². The zero-order chi connectivity index (χ0) is 11.5. The van der Waals surface area contributed by atoms with Crippen molar-refractivity contribution >= 4 is 0 Å². The predicted molar refractivity (Wildman–Crippen MR) is 63.6 cm³/mol. The van der Waals surface area contributed by atoms with Gasteiger partial charge in [0.25, 0.3) is 0 Å². The van der Waals surface area contributed by atoms with Crippen molar-refractivity contribution in [2.24, 2.45) is 0 Å². The molecule has 84 valence electrons. The Balaban J connectivity index is 2.35. The predicted octanol–water partition coefficient (Wildman–Crippen LogP) is 1.60. The molecule has 2 aromatic rings. The Morgan fingerprint density at radius 1 is 1.31 bits per heavy atom. The molecule has 0 fully saturated rings. The molecular weight excluding hydrogens is 200 g/mol. The summed E-state index contributed by atoms with van der Waals surface area (Å²) < 4.78 is 1.82. The first kappa shape index (κ1) is 10.8. The lowest BCUT2D eigenvalue weighted by atomic mass is 10.1. The van der Waals surface area contributed by atoms with E-state index in [9.17, 15) is 0 Å². The van der Waals surface area contributed by atoms with Gasteiger partial charge in [-0.3, -0.25) is 0 Å². The maximum atomic E-state index is 4.12. The lowest BCUT2D eigenvalue weighted by molar-refractivity contribution is 0.765. The van der Waals surface area contributed by atoms with Crippen molar-refractivity contribution in [2.45, 2.75) is 20.4 Å². The van der Waals surface area contributed by atoms with Gasteiger partial charge in [0, 0.05) is 6.54 Å². The molecule has 1 N–H and O–H groups in total. The van der Waals surface area contributed by atoms with Gasteiger partial charge in [-0.2, -0.15) is 0 Å². The molecule has 0 bridgehead atoms. The first-order valence-corrected chi connectivity index (χ1v) is 5.34. The Hall–Kier alpha value is -1.68. The smallest absolute Gasteiger partial charge is 0.0969 e. The highest BCUT2D eigenvalue weighted by Gasteiger charge is 2.04. The molecule has 16 heavy (non-hydrogen) atoms. The minimum Gasteiger partial charge on any atom is -0.314 e. The highest BCUT2D eigenvalue weighted by Crippen LogP contribution is 2.14. The van der Waals surface area contributed by atoms with Gasteiger partial charge in [0.1, 0.15) is 0 Å². The van der Waals surface area contributed by atoms with Crippen molar-refractivity contribution in [1.82, 2.24) is 20.3 Å². The zero-order valence-corrected chi connectivity index (χ0v) is 9.86. The molecule has 1 heterocycles. The van der Waals surface area contributed by atoms with Crippen LogP contribution in [0.4, 0.5) is 0 Å². The van der Waals surface area contributed by atoms with Crippen LogP contribution in [-0.2, 0) is 6.54 Å². The summed E-state index contributed by atoms with van der Waals surface area (Å²) in [6.07, 6.45) is 1.95. The fourth-order valence-corrected chi connectivity index (χ4v) is 1.74. The van der Waals surface area contributed by atoms with E-state index < -0.39 is 0 Å². The van der Waals surface area contributed by atoms with Crippen molar-refractivity contribution in [3.8, 4) is 5.69 Å². The third-order valence-electron chi connectivity index (χ3n) is 2.50. The first-order chi connectivity index (χ1) is 7.70. The van der Waals surface area contributed by atoms with Crippen LogP contribution in [0, 0.1) is 13.8 Å². The molecule has 0 unspecified atom stereocenters. The van der Waals surface area contributed by atoms with Crippen LogP contribution in [0.1, 0.15) is 16.8 Å². The van der Waals surface area contributed by atoms with Crippen molar-refractivity contribution in [3.63, 3.8) is 0 Å². The van der Waals surface area contributed by atoms with Gasteiger partial charge in [0.05, 0.1) is 17.6 Å². The van der Waals surface area contributed by atoms with E-state index >= 15 is 0 Å². The van der Waals surface area contributed by atoms with Gasteiger partial charge in [-0.05, 0) is 32.5 Å². The molecular formula is C12H16N4. The summed E-state index contributed by atoms with van der Waals surface area (Å²) in [6, 6.07) is 6.30. The molecule has 4 heteroatoms. The number of nitrogens with zero attached hydrogens (tertiary/aromatic N) is 3. The molecule has 0 saturated carbocycles. The summed E-state index contributed by atoms with van der Waals surface area (Å²) in [5, 5.41) is 11.3. The molecule has 0 amide bonds. The summed E-state index contributed by atoms with van der Waals surface area (Å²) in [6.45, 7) is 4.91. The van der Waals surface area contributed by atoms with Crippen LogP contribution in [0.2, 0.25) is 0 Å². The largest absolute Gasteiger partial charge is 0.314 e. The van der Waals surface area contributed by atoms with Crippen molar-refractivity contribution < 1.29 is 0 Å². The van der Waals surface area contributed by atoms with Gasteiger partial charge >= 0.3 is 0 Å².